The van der Waals surface area contributed by atoms with Gasteiger partial charge >= 0.3 is 0 Å². The normalized spacial score (nSPS) is 20.1. The number of nitrogens with zero attached hydrogens (tertiary/aromatic N) is 2. The van der Waals surface area contributed by atoms with Gasteiger partial charge in [-0.05, 0) is 49.9 Å². The molecule has 0 spiro atoms. The molecular formula is C34H32N6O10. The maximum Gasteiger partial charge on any atom is 0.264 e. The van der Waals surface area contributed by atoms with E-state index in [9.17, 15) is 47.9 Å². The first-order valence-corrected chi connectivity index (χ1v) is 16.2. The van der Waals surface area contributed by atoms with Crippen molar-refractivity contribution in [1.82, 2.24) is 20.4 Å². The van der Waals surface area contributed by atoms with E-state index in [2.05, 4.69) is 21.3 Å². The zero-order valence-corrected chi connectivity index (χ0v) is 26.7. The highest BCUT2D eigenvalue weighted by Crippen LogP contribution is 2.34. The first kappa shape index (κ1) is 33.8. The maximum atomic E-state index is 13.2. The number of hydrogen-bond donors (Lipinski definition) is 4. The SMILES string of the molecule is O=C1CCC(N2C(=O)c3cccc(NC(=O)CCCCCCC(=O)Nc4cccc5c4C(=O)N(C4CCC(=O)NC4=O)C5=O)c3C2=O)C(=O)N1. The third kappa shape index (κ3) is 6.38. The fourth-order valence-electron chi connectivity index (χ4n) is 6.59. The molecule has 4 heterocycles. The fourth-order valence-corrected chi connectivity index (χ4v) is 6.59. The molecule has 2 fully saturated rings. The number of anilines is 2. The van der Waals surface area contributed by atoms with Crippen LogP contribution in [0.25, 0.3) is 0 Å². The summed E-state index contributed by atoms with van der Waals surface area (Å²) in [6.07, 6.45) is 2.35. The third-order valence-corrected chi connectivity index (χ3v) is 9.04. The molecule has 2 aromatic carbocycles. The lowest BCUT2D eigenvalue weighted by Gasteiger charge is -2.27. The van der Waals surface area contributed by atoms with Crippen molar-refractivity contribution in [2.75, 3.05) is 10.6 Å². The minimum absolute atomic E-state index is 0.0108. The van der Waals surface area contributed by atoms with Crippen molar-refractivity contribution in [3.05, 3.63) is 58.7 Å². The lowest BCUT2D eigenvalue weighted by molar-refractivity contribution is -0.137. The van der Waals surface area contributed by atoms with Gasteiger partial charge in [0.2, 0.25) is 35.4 Å². The number of piperidine rings is 2. The standard InChI is InChI=1S/C34H32N6O10/c41-23(35-19-9-5-7-17-27(19)33(49)39(31(17)47)21-13-15-25(43)37-29(21)45)11-3-1-2-4-12-24(42)36-20-10-6-8-18-28(20)34(50)40(32(18)48)22-14-16-26(44)38-30(22)46/h5-10,21-22H,1-4,11-16H2,(H,35,41)(H,36,42)(H,37,43,45)(H,38,44,46). The molecule has 16 heteroatoms. The minimum Gasteiger partial charge on any atom is -0.325 e. The van der Waals surface area contributed by atoms with E-state index >= 15 is 0 Å². The van der Waals surface area contributed by atoms with Gasteiger partial charge in [-0.3, -0.25) is 68.4 Å². The number of amides is 10. The number of hydrogen-bond acceptors (Lipinski definition) is 10. The smallest absolute Gasteiger partial charge is 0.264 e. The number of carbonyl (C=O) groups is 10. The third-order valence-electron chi connectivity index (χ3n) is 9.04. The fraction of sp³-hybridized carbons (Fsp3) is 0.353. The number of unbranched alkanes of at least 4 members (excludes halogenated alkanes) is 3. The highest BCUT2D eigenvalue weighted by molar-refractivity contribution is 6.27. The zero-order chi connectivity index (χ0) is 35.7. The van der Waals surface area contributed by atoms with Gasteiger partial charge in [0.25, 0.3) is 23.6 Å². The number of fused-ring (bicyclic) bond motifs is 2. The van der Waals surface area contributed by atoms with Gasteiger partial charge in [0.1, 0.15) is 12.1 Å². The Balaban J connectivity index is 0.958. The molecule has 0 aliphatic carbocycles. The number of nitrogens with one attached hydrogen (secondary N) is 4. The van der Waals surface area contributed by atoms with E-state index in [-0.39, 0.29) is 84.0 Å². The topological polar surface area (TPSA) is 225 Å². The van der Waals surface area contributed by atoms with Crippen LogP contribution in [0.3, 0.4) is 0 Å². The lowest BCUT2D eigenvalue weighted by Crippen LogP contribution is -2.54. The average Bonchev–Trinajstić information content (AvgIpc) is 3.48. The van der Waals surface area contributed by atoms with Gasteiger partial charge in [0.05, 0.1) is 33.6 Å². The van der Waals surface area contributed by atoms with E-state index in [0.29, 0.717) is 25.7 Å². The summed E-state index contributed by atoms with van der Waals surface area (Å²) in [6, 6.07) is 6.65. The Labute approximate surface area is 284 Å². The van der Waals surface area contributed by atoms with Crippen LogP contribution in [0.2, 0.25) is 0 Å². The Morgan fingerprint density at radius 2 is 0.980 bits per heavy atom. The van der Waals surface area contributed by atoms with Crippen LogP contribution in [0.4, 0.5) is 11.4 Å². The summed E-state index contributed by atoms with van der Waals surface area (Å²) in [4.78, 5) is 127. The van der Waals surface area contributed by atoms with Crippen LogP contribution in [0, 0.1) is 0 Å². The number of rotatable bonds is 11. The quantitative estimate of drug-likeness (QED) is 0.197. The predicted molar refractivity (Wildman–Crippen MR) is 171 cm³/mol. The van der Waals surface area contributed by atoms with Crippen LogP contribution in [0.5, 0.6) is 0 Å². The molecule has 6 rings (SSSR count). The summed E-state index contributed by atoms with van der Waals surface area (Å²) >= 11 is 0. The Hall–Kier alpha value is -6.06. The maximum absolute atomic E-state index is 13.2. The molecule has 4 aliphatic rings. The first-order chi connectivity index (χ1) is 24.0. The molecule has 0 aromatic heterocycles. The molecule has 0 radical (unpaired) electrons. The van der Waals surface area contributed by atoms with E-state index in [0.717, 1.165) is 9.80 Å². The van der Waals surface area contributed by atoms with Gasteiger partial charge in [-0.25, -0.2) is 0 Å². The van der Waals surface area contributed by atoms with Gasteiger partial charge in [0.15, 0.2) is 0 Å². The monoisotopic (exact) mass is 684 g/mol. The van der Waals surface area contributed by atoms with Crippen LogP contribution in [-0.2, 0) is 28.8 Å². The highest BCUT2D eigenvalue weighted by atomic mass is 16.2. The Bertz CT molecular complexity index is 1770. The molecule has 50 heavy (non-hydrogen) atoms. The van der Waals surface area contributed by atoms with E-state index in [1.54, 1.807) is 0 Å². The first-order valence-electron chi connectivity index (χ1n) is 16.2. The van der Waals surface area contributed by atoms with Crippen molar-refractivity contribution in [2.45, 2.75) is 76.3 Å². The number of carbonyl (C=O) groups excluding carboxylic acids is 10. The molecule has 258 valence electrons. The Morgan fingerprint density at radius 3 is 1.36 bits per heavy atom. The average molecular weight is 685 g/mol. The summed E-state index contributed by atoms with van der Waals surface area (Å²) in [6.45, 7) is 0. The van der Waals surface area contributed by atoms with Gasteiger partial charge in [0, 0.05) is 25.7 Å². The lowest BCUT2D eigenvalue weighted by atomic mass is 10.0. The largest absolute Gasteiger partial charge is 0.325 e. The molecule has 10 amide bonds. The molecule has 2 saturated heterocycles. The minimum atomic E-state index is -1.12. The summed E-state index contributed by atoms with van der Waals surface area (Å²) in [5.74, 6) is -6.00. The molecule has 0 bridgehead atoms. The molecular weight excluding hydrogens is 652 g/mol. The number of benzene rings is 2. The Morgan fingerprint density at radius 1 is 0.580 bits per heavy atom. The molecule has 4 N–H and O–H groups in total. The van der Waals surface area contributed by atoms with Gasteiger partial charge in [-0.15, -0.1) is 0 Å². The van der Waals surface area contributed by atoms with Gasteiger partial charge in [-0.2, -0.15) is 0 Å². The van der Waals surface area contributed by atoms with Crippen LogP contribution in [-0.4, -0.2) is 81.0 Å². The second-order valence-electron chi connectivity index (χ2n) is 12.4. The van der Waals surface area contributed by atoms with Crippen molar-refractivity contribution in [3.8, 4) is 0 Å². The van der Waals surface area contributed by atoms with E-state index < -0.39 is 59.3 Å². The van der Waals surface area contributed by atoms with Crippen molar-refractivity contribution >= 4 is 70.4 Å². The zero-order valence-electron chi connectivity index (χ0n) is 26.7. The second-order valence-corrected chi connectivity index (χ2v) is 12.4. The number of imide groups is 4. The van der Waals surface area contributed by atoms with Crippen LogP contribution >= 0.6 is 0 Å². The molecule has 2 unspecified atom stereocenters. The molecule has 2 atom stereocenters. The van der Waals surface area contributed by atoms with Gasteiger partial charge < -0.3 is 10.6 Å². The summed E-state index contributed by atoms with van der Waals surface area (Å²) in [7, 11) is 0. The van der Waals surface area contributed by atoms with Crippen LogP contribution in [0.15, 0.2) is 36.4 Å². The van der Waals surface area contributed by atoms with Crippen molar-refractivity contribution in [1.29, 1.82) is 0 Å². The molecule has 4 aliphatic heterocycles. The van der Waals surface area contributed by atoms with E-state index in [1.807, 2.05) is 0 Å². The van der Waals surface area contributed by atoms with Crippen LogP contribution in [0.1, 0.15) is 106 Å². The van der Waals surface area contributed by atoms with E-state index in [4.69, 9.17) is 0 Å². The summed E-state index contributed by atoms with van der Waals surface area (Å²) in [5.41, 5.74) is 0.369. The van der Waals surface area contributed by atoms with Gasteiger partial charge in [-0.1, -0.05) is 25.0 Å². The van der Waals surface area contributed by atoms with Crippen LogP contribution < -0.4 is 21.3 Å². The summed E-state index contributed by atoms with van der Waals surface area (Å²) in [5, 5.41) is 9.64. The molecule has 0 saturated carbocycles. The van der Waals surface area contributed by atoms with E-state index in [1.165, 1.54) is 36.4 Å². The molecule has 2 aromatic rings. The highest BCUT2D eigenvalue weighted by Gasteiger charge is 2.47. The Kier molecular flexibility index (Phi) is 9.35. The summed E-state index contributed by atoms with van der Waals surface area (Å²) < 4.78 is 0. The van der Waals surface area contributed by atoms with Crippen molar-refractivity contribution in [2.24, 2.45) is 0 Å². The van der Waals surface area contributed by atoms with Crippen molar-refractivity contribution in [3.63, 3.8) is 0 Å². The predicted octanol–water partition coefficient (Wildman–Crippen LogP) is 1.41. The second kappa shape index (κ2) is 13.8. The van der Waals surface area contributed by atoms with Crippen molar-refractivity contribution < 1.29 is 47.9 Å². The molecule has 16 nitrogen and oxygen atoms in total.